The van der Waals surface area contributed by atoms with Crippen molar-refractivity contribution in [3.63, 3.8) is 0 Å². The molecule has 1 fully saturated rings. The average Bonchev–Trinajstić information content (AvgIpc) is 2.73. The Balaban J connectivity index is 2.08. The summed E-state index contributed by atoms with van der Waals surface area (Å²) in [6, 6.07) is 0. The minimum Gasteiger partial charge on any atom is -0.380 e. The van der Waals surface area contributed by atoms with Gasteiger partial charge in [0.2, 0.25) is 0 Å². The summed E-state index contributed by atoms with van der Waals surface area (Å²) < 4.78 is 8.83. The van der Waals surface area contributed by atoms with E-state index in [2.05, 4.69) is 51.8 Å². The Hall–Kier alpha value is -0.390. The van der Waals surface area contributed by atoms with E-state index < -0.39 is 0 Å². The first-order chi connectivity index (χ1) is 9.09. The monoisotopic (exact) mass is 329 g/mol. The predicted molar refractivity (Wildman–Crippen MR) is 80.3 cm³/mol. The van der Waals surface area contributed by atoms with E-state index in [4.69, 9.17) is 4.74 Å². The fourth-order valence-corrected chi connectivity index (χ4v) is 3.26. The molecular formula is C14H24BrN3O. The van der Waals surface area contributed by atoms with E-state index in [9.17, 15) is 0 Å². The van der Waals surface area contributed by atoms with Crippen LogP contribution in [0.15, 0.2) is 4.47 Å². The van der Waals surface area contributed by atoms with E-state index >= 15 is 0 Å². The van der Waals surface area contributed by atoms with E-state index in [0.29, 0.717) is 0 Å². The van der Waals surface area contributed by atoms with Crippen LogP contribution in [0.1, 0.15) is 45.0 Å². The summed E-state index contributed by atoms with van der Waals surface area (Å²) in [4.78, 5) is 0. The fourth-order valence-electron chi connectivity index (χ4n) is 2.56. The van der Waals surface area contributed by atoms with E-state index in [1.165, 1.54) is 12.1 Å². The molecule has 2 heterocycles. The number of aryl methyl sites for hydroxylation is 2. The van der Waals surface area contributed by atoms with Gasteiger partial charge >= 0.3 is 0 Å². The van der Waals surface area contributed by atoms with E-state index in [0.717, 1.165) is 49.3 Å². The van der Waals surface area contributed by atoms with Crippen molar-refractivity contribution in [2.75, 3.05) is 13.2 Å². The van der Waals surface area contributed by atoms with E-state index in [-0.39, 0.29) is 5.54 Å². The quantitative estimate of drug-likeness (QED) is 0.902. The van der Waals surface area contributed by atoms with Crippen molar-refractivity contribution < 1.29 is 4.74 Å². The maximum absolute atomic E-state index is 5.59. The third kappa shape index (κ3) is 3.38. The molecule has 1 aromatic heterocycles. The Morgan fingerprint density at radius 3 is 2.84 bits per heavy atom. The summed E-state index contributed by atoms with van der Waals surface area (Å²) in [5.41, 5.74) is 2.47. The number of halogens is 1. The highest BCUT2D eigenvalue weighted by molar-refractivity contribution is 9.10. The van der Waals surface area contributed by atoms with Gasteiger partial charge in [0.05, 0.1) is 22.5 Å². The molecule has 1 atom stereocenters. The highest BCUT2D eigenvalue weighted by Gasteiger charge is 2.27. The number of nitrogens with one attached hydrogen (secondary N) is 1. The van der Waals surface area contributed by atoms with Gasteiger partial charge in [0, 0.05) is 25.2 Å². The summed E-state index contributed by atoms with van der Waals surface area (Å²) in [6.45, 7) is 9.95. The maximum Gasteiger partial charge on any atom is 0.0767 e. The summed E-state index contributed by atoms with van der Waals surface area (Å²) in [5, 5.41) is 8.28. The summed E-state index contributed by atoms with van der Waals surface area (Å²) in [5.74, 6) is 0. The van der Waals surface area contributed by atoms with Crippen LogP contribution in [-0.4, -0.2) is 28.5 Å². The van der Waals surface area contributed by atoms with Crippen LogP contribution in [-0.2, 0) is 24.2 Å². The first-order valence-corrected chi connectivity index (χ1v) is 7.95. The van der Waals surface area contributed by atoms with Gasteiger partial charge in [-0.05, 0) is 49.0 Å². The summed E-state index contributed by atoms with van der Waals surface area (Å²) >= 11 is 3.69. The van der Waals surface area contributed by atoms with Crippen LogP contribution in [0, 0.1) is 0 Å². The molecule has 1 N–H and O–H groups in total. The zero-order valence-corrected chi connectivity index (χ0v) is 13.7. The predicted octanol–water partition coefficient (Wildman–Crippen LogP) is 2.89. The summed E-state index contributed by atoms with van der Waals surface area (Å²) in [7, 11) is 0. The van der Waals surface area contributed by atoms with Crippen molar-refractivity contribution in [1.82, 2.24) is 15.1 Å². The molecule has 1 aromatic rings. The largest absolute Gasteiger partial charge is 0.380 e. The second-order valence-corrected chi connectivity index (χ2v) is 6.24. The normalized spacial score (nSPS) is 23.8. The van der Waals surface area contributed by atoms with Gasteiger partial charge in [-0.25, -0.2) is 0 Å². The van der Waals surface area contributed by atoms with Crippen LogP contribution < -0.4 is 5.32 Å². The van der Waals surface area contributed by atoms with Crippen LogP contribution >= 0.6 is 15.9 Å². The van der Waals surface area contributed by atoms with E-state index in [1.807, 2.05) is 0 Å². The highest BCUT2D eigenvalue weighted by Crippen LogP contribution is 2.24. The number of hydrogen-bond acceptors (Lipinski definition) is 3. The SMILES string of the molecule is CCc1nn(CC)c(CNC2(C)CCCOC2)c1Br. The lowest BCUT2D eigenvalue weighted by Gasteiger charge is -2.34. The molecule has 0 aromatic carbocycles. The number of aromatic nitrogens is 2. The van der Waals surface area contributed by atoms with Crippen LogP contribution in [0.2, 0.25) is 0 Å². The van der Waals surface area contributed by atoms with Crippen molar-refractivity contribution in [3.05, 3.63) is 15.9 Å². The second-order valence-electron chi connectivity index (χ2n) is 5.45. The Bertz CT molecular complexity index is 425. The third-order valence-electron chi connectivity index (χ3n) is 3.81. The van der Waals surface area contributed by atoms with Crippen molar-refractivity contribution in [2.24, 2.45) is 0 Å². The molecule has 1 unspecified atom stereocenters. The summed E-state index contributed by atoms with van der Waals surface area (Å²) in [6.07, 6.45) is 3.27. The molecule has 1 aliphatic heterocycles. The van der Waals surface area contributed by atoms with Crippen LogP contribution in [0.4, 0.5) is 0 Å². The molecule has 0 amide bonds. The van der Waals surface area contributed by atoms with Crippen molar-refractivity contribution in [1.29, 1.82) is 0 Å². The molecule has 1 aliphatic rings. The lowest BCUT2D eigenvalue weighted by molar-refractivity contribution is 0.0274. The number of nitrogens with zero attached hydrogens (tertiary/aromatic N) is 2. The van der Waals surface area contributed by atoms with Gasteiger partial charge in [-0.15, -0.1) is 0 Å². The van der Waals surface area contributed by atoms with Gasteiger partial charge in [0.25, 0.3) is 0 Å². The van der Waals surface area contributed by atoms with Gasteiger partial charge in [0.1, 0.15) is 0 Å². The lowest BCUT2D eigenvalue weighted by atomic mass is 9.95. The van der Waals surface area contributed by atoms with Gasteiger partial charge in [-0.3, -0.25) is 4.68 Å². The Labute approximate surface area is 124 Å². The average molecular weight is 330 g/mol. The van der Waals surface area contributed by atoms with Gasteiger partial charge in [-0.2, -0.15) is 5.10 Å². The molecule has 0 bridgehead atoms. The Morgan fingerprint density at radius 1 is 1.47 bits per heavy atom. The zero-order valence-electron chi connectivity index (χ0n) is 12.1. The van der Waals surface area contributed by atoms with Crippen LogP contribution in [0.5, 0.6) is 0 Å². The first-order valence-electron chi connectivity index (χ1n) is 7.16. The molecule has 5 heteroatoms. The van der Waals surface area contributed by atoms with E-state index in [1.54, 1.807) is 0 Å². The molecule has 0 aliphatic carbocycles. The molecule has 19 heavy (non-hydrogen) atoms. The van der Waals surface area contributed by atoms with Gasteiger partial charge in [0.15, 0.2) is 0 Å². The fraction of sp³-hybridized carbons (Fsp3) is 0.786. The topological polar surface area (TPSA) is 39.1 Å². The lowest BCUT2D eigenvalue weighted by Crippen LogP contribution is -2.48. The molecule has 0 radical (unpaired) electrons. The molecule has 0 spiro atoms. The Kier molecular flexibility index (Phi) is 5.03. The van der Waals surface area contributed by atoms with Crippen molar-refractivity contribution >= 4 is 15.9 Å². The van der Waals surface area contributed by atoms with Crippen molar-refractivity contribution in [2.45, 2.75) is 58.7 Å². The number of ether oxygens (including phenoxy) is 1. The number of rotatable bonds is 5. The number of hydrogen-bond donors (Lipinski definition) is 1. The highest BCUT2D eigenvalue weighted by atomic mass is 79.9. The third-order valence-corrected chi connectivity index (χ3v) is 4.73. The van der Waals surface area contributed by atoms with Gasteiger partial charge < -0.3 is 10.1 Å². The molecule has 4 nitrogen and oxygen atoms in total. The maximum atomic E-state index is 5.59. The molecule has 0 saturated carbocycles. The van der Waals surface area contributed by atoms with Gasteiger partial charge in [-0.1, -0.05) is 6.92 Å². The minimum absolute atomic E-state index is 0.0902. The minimum atomic E-state index is 0.0902. The van der Waals surface area contributed by atoms with Crippen molar-refractivity contribution in [3.8, 4) is 0 Å². The molecule has 1 saturated heterocycles. The second kappa shape index (κ2) is 6.37. The first kappa shape index (κ1) is 15.0. The molecule has 2 rings (SSSR count). The zero-order chi connectivity index (χ0) is 13.9. The molecule has 108 valence electrons. The standard InChI is InChI=1S/C14H24BrN3O/c1-4-11-13(15)12(18(5-2)17-11)9-16-14(3)7-6-8-19-10-14/h16H,4-10H2,1-3H3. The van der Waals surface area contributed by atoms with Crippen LogP contribution in [0.25, 0.3) is 0 Å². The van der Waals surface area contributed by atoms with Crippen LogP contribution in [0.3, 0.4) is 0 Å². The Morgan fingerprint density at radius 2 is 2.26 bits per heavy atom. The smallest absolute Gasteiger partial charge is 0.0767 e. The molecular weight excluding hydrogens is 306 g/mol.